The minimum Gasteiger partial charge on any atom is -0.463 e. The number of esters is 2. The molecule has 6 N–H and O–H groups in total. The molecule has 2 aliphatic heterocycles. The van der Waals surface area contributed by atoms with Crippen molar-refractivity contribution in [2.45, 2.75) is 474 Å². The smallest absolute Gasteiger partial charge is 0.309 e. The van der Waals surface area contributed by atoms with Gasteiger partial charge in [-0.25, -0.2) is 0 Å². The van der Waals surface area contributed by atoms with Crippen molar-refractivity contribution in [3.05, 3.63) is 0 Å². The van der Waals surface area contributed by atoms with Gasteiger partial charge in [0.15, 0.2) is 12.6 Å². The number of hydrogen-bond donors (Lipinski definition) is 6. The monoisotopic (exact) mass is 1320 g/mol. The van der Waals surface area contributed by atoms with Gasteiger partial charge in [0.1, 0.15) is 62.0 Å². The molecule has 2 fully saturated rings. The average molecular weight is 1320 g/mol. The number of hydrogen-bond acceptors (Lipinski definition) is 13. The zero-order chi connectivity index (χ0) is 67.5. The van der Waals surface area contributed by atoms with Crippen molar-refractivity contribution in [3.8, 4) is 0 Å². The molecule has 10 atom stereocenters. The SMILES string of the molecule is CCCCCCCCCCCCCCCCC(CCCCCCCCCCCCCCCC)C(=O)OCC1O[C@H](O[C@H]2OC(COC(=O)C(CCCCCCCCCCCCCCCC)CCCCCCCCCCCCCCCC)[C@@H](O)[C@H](O)C2O)C(O)[C@@H](O)[C@@H]1O. The number of carbonyl (C=O) groups is 2. The Bertz CT molecular complexity index is 1440. The third-order valence-electron chi connectivity index (χ3n) is 20.7. The number of ether oxygens (including phenoxy) is 5. The molecule has 0 radical (unpaired) electrons. The summed E-state index contributed by atoms with van der Waals surface area (Å²) in [5.74, 6) is -1.40. The maximum atomic E-state index is 13.9. The lowest BCUT2D eigenvalue weighted by Crippen LogP contribution is -2.64. The van der Waals surface area contributed by atoms with Gasteiger partial charge in [0, 0.05) is 0 Å². The minimum absolute atomic E-state index is 0.323. The topological polar surface area (TPSA) is 202 Å². The molecule has 0 bridgehead atoms. The van der Waals surface area contributed by atoms with E-state index in [1.807, 2.05) is 0 Å². The Balaban J connectivity index is 1.97. The molecule has 0 saturated carbocycles. The Labute approximate surface area is 572 Å². The molecular formula is C80H154O13. The summed E-state index contributed by atoms with van der Waals surface area (Å²) in [4.78, 5) is 27.9. The fourth-order valence-electron chi connectivity index (χ4n) is 14.1. The van der Waals surface area contributed by atoms with Crippen LogP contribution in [0.2, 0.25) is 0 Å². The zero-order valence-electron chi connectivity index (χ0n) is 61.3. The van der Waals surface area contributed by atoms with Crippen molar-refractivity contribution >= 4 is 11.9 Å². The van der Waals surface area contributed by atoms with E-state index < -0.39 is 74.6 Å². The zero-order valence-corrected chi connectivity index (χ0v) is 61.3. The Hall–Kier alpha value is -1.42. The second-order valence-electron chi connectivity index (χ2n) is 29.4. The first-order valence-corrected chi connectivity index (χ1v) is 40.9. The summed E-state index contributed by atoms with van der Waals surface area (Å²) in [7, 11) is 0. The van der Waals surface area contributed by atoms with Gasteiger partial charge in [-0.3, -0.25) is 9.59 Å². The predicted molar refractivity (Wildman–Crippen MR) is 383 cm³/mol. The quantitative estimate of drug-likeness (QED) is 0.0248. The largest absolute Gasteiger partial charge is 0.463 e. The van der Waals surface area contributed by atoms with Gasteiger partial charge < -0.3 is 54.3 Å². The fourth-order valence-corrected chi connectivity index (χ4v) is 14.1. The van der Waals surface area contributed by atoms with Gasteiger partial charge in [-0.2, -0.15) is 0 Å². The molecule has 2 rings (SSSR count). The number of unbranched alkanes of at least 4 members (excludes halogenated alkanes) is 52. The first-order valence-electron chi connectivity index (χ1n) is 40.9. The molecule has 13 heteroatoms. The van der Waals surface area contributed by atoms with Crippen LogP contribution >= 0.6 is 0 Å². The molecule has 0 aromatic carbocycles. The van der Waals surface area contributed by atoms with Gasteiger partial charge in [-0.1, -0.05) is 387 Å². The minimum atomic E-state index is -1.82. The molecule has 0 amide bonds. The van der Waals surface area contributed by atoms with E-state index in [0.717, 1.165) is 77.0 Å². The highest BCUT2D eigenvalue weighted by Crippen LogP contribution is 2.31. The van der Waals surface area contributed by atoms with Crippen molar-refractivity contribution in [3.63, 3.8) is 0 Å². The fraction of sp³-hybridized carbons (Fsp3) is 0.975. The number of aliphatic hydroxyl groups excluding tert-OH is 6. The van der Waals surface area contributed by atoms with E-state index in [4.69, 9.17) is 23.7 Å². The molecule has 13 nitrogen and oxygen atoms in total. The number of rotatable bonds is 68. The molecule has 552 valence electrons. The van der Waals surface area contributed by atoms with Crippen LogP contribution in [0.5, 0.6) is 0 Å². The van der Waals surface area contributed by atoms with Gasteiger partial charge in [-0.15, -0.1) is 0 Å². The second kappa shape index (κ2) is 62.8. The second-order valence-corrected chi connectivity index (χ2v) is 29.4. The maximum absolute atomic E-state index is 13.9. The van der Waals surface area contributed by atoms with Crippen LogP contribution in [0.15, 0.2) is 0 Å². The Morgan fingerprint density at radius 1 is 0.258 bits per heavy atom. The highest BCUT2D eigenvalue weighted by Gasteiger charge is 2.50. The first kappa shape index (κ1) is 87.7. The summed E-state index contributed by atoms with van der Waals surface area (Å²) < 4.78 is 29.7. The van der Waals surface area contributed by atoms with Crippen LogP contribution in [-0.2, 0) is 33.3 Å². The molecule has 0 aliphatic carbocycles. The van der Waals surface area contributed by atoms with Crippen LogP contribution in [0.25, 0.3) is 0 Å². The summed E-state index contributed by atoms with van der Waals surface area (Å²) in [5.41, 5.74) is 0. The molecule has 2 heterocycles. The predicted octanol–water partition coefficient (Wildman–Crippen LogP) is 20.4. The van der Waals surface area contributed by atoms with Gasteiger partial charge in [0.25, 0.3) is 0 Å². The highest BCUT2D eigenvalue weighted by molar-refractivity contribution is 5.72. The average Bonchev–Trinajstić information content (AvgIpc) is 0.828. The van der Waals surface area contributed by atoms with Crippen LogP contribution in [0, 0.1) is 11.8 Å². The summed E-state index contributed by atoms with van der Waals surface area (Å²) in [6, 6.07) is 0. The molecule has 2 saturated heterocycles. The van der Waals surface area contributed by atoms with Crippen molar-refractivity contribution < 1.29 is 63.9 Å². The summed E-state index contributed by atoms with van der Waals surface area (Å²) in [5, 5.41) is 66.8. The van der Waals surface area contributed by atoms with Crippen molar-refractivity contribution in [2.75, 3.05) is 13.2 Å². The van der Waals surface area contributed by atoms with Crippen molar-refractivity contribution in [1.29, 1.82) is 0 Å². The number of carbonyl (C=O) groups excluding carboxylic acids is 2. The lowest BCUT2D eigenvalue weighted by Gasteiger charge is -2.44. The Kier molecular flexibility index (Phi) is 59.2. The normalized spacial score (nSPS) is 21.8. The van der Waals surface area contributed by atoms with Gasteiger partial charge in [-0.05, 0) is 25.7 Å². The number of aliphatic hydroxyl groups is 6. The lowest BCUT2D eigenvalue weighted by molar-refractivity contribution is -0.376. The van der Waals surface area contributed by atoms with Crippen LogP contribution in [0.4, 0.5) is 0 Å². The van der Waals surface area contributed by atoms with Gasteiger partial charge in [0.2, 0.25) is 0 Å². The van der Waals surface area contributed by atoms with Crippen LogP contribution in [0.1, 0.15) is 413 Å². The van der Waals surface area contributed by atoms with Crippen molar-refractivity contribution in [1.82, 2.24) is 0 Å². The Morgan fingerprint density at radius 3 is 0.613 bits per heavy atom. The Morgan fingerprint density at radius 2 is 0.430 bits per heavy atom. The maximum Gasteiger partial charge on any atom is 0.309 e. The van der Waals surface area contributed by atoms with Gasteiger partial charge >= 0.3 is 11.9 Å². The van der Waals surface area contributed by atoms with E-state index in [1.54, 1.807) is 0 Å². The van der Waals surface area contributed by atoms with E-state index in [-0.39, 0.29) is 23.8 Å². The third kappa shape index (κ3) is 45.8. The van der Waals surface area contributed by atoms with Crippen molar-refractivity contribution in [2.24, 2.45) is 11.8 Å². The first-order chi connectivity index (χ1) is 45.5. The summed E-state index contributed by atoms with van der Waals surface area (Å²) >= 11 is 0. The molecule has 93 heavy (non-hydrogen) atoms. The molecule has 4 unspecified atom stereocenters. The highest BCUT2D eigenvalue weighted by atomic mass is 16.8. The van der Waals surface area contributed by atoms with Crippen LogP contribution in [0.3, 0.4) is 0 Å². The standard InChI is InChI=1S/C80H154O13/c1-5-9-13-17-21-25-29-33-37-41-45-49-53-57-61-67(62-58-54-50-46-42-38-34-30-26-22-18-14-10-6-2)77(87)89-65-69-71(81)73(83)75(85)79(91-69)93-80-76(86)74(84)72(82)70(92-80)66-90-78(88)68(63-59-55-51-47-43-39-35-31-27-23-19-15-11-7-3)64-60-56-52-48-44-40-36-32-28-24-20-16-12-8-4/h67-76,79-86H,5-66H2,1-4H3/t69?,70?,71-,72-,73+,74+,75?,76?,79-,80-/m1/s1. The molecule has 0 spiro atoms. The van der Waals surface area contributed by atoms with E-state index >= 15 is 0 Å². The lowest BCUT2D eigenvalue weighted by atomic mass is 9.94. The summed E-state index contributed by atoms with van der Waals surface area (Å²) in [6.45, 7) is 8.23. The molecule has 2 aliphatic rings. The van der Waals surface area contributed by atoms with E-state index in [0.29, 0.717) is 25.7 Å². The molecular weight excluding hydrogens is 1170 g/mol. The van der Waals surface area contributed by atoms with Crippen LogP contribution in [-0.4, -0.2) is 117 Å². The third-order valence-corrected chi connectivity index (χ3v) is 20.7. The van der Waals surface area contributed by atoms with Crippen LogP contribution < -0.4 is 0 Å². The molecule has 0 aromatic heterocycles. The van der Waals surface area contributed by atoms with E-state index in [2.05, 4.69) is 27.7 Å². The summed E-state index contributed by atoms with van der Waals surface area (Å²) in [6.07, 6.45) is 56.7. The molecule has 0 aromatic rings. The van der Waals surface area contributed by atoms with Gasteiger partial charge in [0.05, 0.1) is 11.8 Å². The van der Waals surface area contributed by atoms with E-state index in [9.17, 15) is 40.2 Å². The van der Waals surface area contributed by atoms with E-state index in [1.165, 1.54) is 283 Å².